The molecule has 0 radical (unpaired) electrons. The molecule has 6 rings (SSSR count). The van der Waals surface area contributed by atoms with Crippen molar-refractivity contribution in [3.63, 3.8) is 0 Å². The van der Waals surface area contributed by atoms with Gasteiger partial charge >= 0.3 is 20.1 Å². The van der Waals surface area contributed by atoms with Gasteiger partial charge in [-0.15, -0.1) is 29.0 Å². The zero-order chi connectivity index (χ0) is 26.5. The molecule has 0 amide bonds. The minimum Gasteiger partial charge on any atom is -0.811 e. The van der Waals surface area contributed by atoms with E-state index in [0.29, 0.717) is 0 Å². The Kier molecular flexibility index (Phi) is 9.26. The number of fused-ring (bicyclic) bond motifs is 3. The Labute approximate surface area is 247 Å². The number of aryl methyl sites for hydroxylation is 2. The second-order valence-electron chi connectivity index (χ2n) is 8.96. The van der Waals surface area contributed by atoms with E-state index in [0.717, 1.165) is 34.5 Å². The number of hydrogen-bond acceptors (Lipinski definition) is 3. The molecule has 0 aliphatic rings. The van der Waals surface area contributed by atoms with E-state index in [9.17, 15) is 0 Å². The Morgan fingerprint density at radius 2 is 1.64 bits per heavy atom. The van der Waals surface area contributed by atoms with Gasteiger partial charge in [-0.1, -0.05) is 47.7 Å². The number of nitrogens with zero attached hydrogens (tertiary/aromatic N) is 4. The summed E-state index contributed by atoms with van der Waals surface area (Å²) >= 11 is 1.83. The zero-order valence-corrected chi connectivity index (χ0v) is 25.1. The van der Waals surface area contributed by atoms with E-state index in [2.05, 4.69) is 71.8 Å². The largest absolute Gasteiger partial charge is 3.00 e. The molecular formula is C33H27IrN4S. The van der Waals surface area contributed by atoms with Gasteiger partial charge in [0.25, 0.3) is 0 Å². The fourth-order valence-electron chi connectivity index (χ4n) is 4.36. The van der Waals surface area contributed by atoms with Crippen LogP contribution < -0.4 is 4.90 Å². The molecule has 0 bridgehead atoms. The van der Waals surface area contributed by atoms with Crippen LogP contribution >= 0.6 is 11.3 Å². The fraction of sp³-hybridized carbons (Fsp3) is 0.0909. The minimum absolute atomic E-state index is 0. The maximum Gasteiger partial charge on any atom is 3.00 e. The Balaban J connectivity index is 0.000000213. The van der Waals surface area contributed by atoms with Gasteiger partial charge in [-0.2, -0.15) is 53.8 Å². The first-order valence-electron chi connectivity index (χ1n) is 12.3. The summed E-state index contributed by atoms with van der Waals surface area (Å²) < 4.78 is 4.53. The van der Waals surface area contributed by atoms with Crippen molar-refractivity contribution in [2.75, 3.05) is 11.9 Å². The van der Waals surface area contributed by atoms with Crippen molar-refractivity contribution in [1.29, 1.82) is 0 Å². The van der Waals surface area contributed by atoms with Gasteiger partial charge in [0.05, 0.1) is 5.69 Å². The first-order valence-corrected chi connectivity index (χ1v) is 13.2. The summed E-state index contributed by atoms with van der Waals surface area (Å²) in [7, 11) is 1.93. The predicted molar refractivity (Wildman–Crippen MR) is 162 cm³/mol. The van der Waals surface area contributed by atoms with Gasteiger partial charge in [0.2, 0.25) is 0 Å². The maximum absolute atomic E-state index is 8.75. The van der Waals surface area contributed by atoms with Gasteiger partial charge in [0, 0.05) is 32.9 Å². The first-order chi connectivity index (χ1) is 18.5. The van der Waals surface area contributed by atoms with Gasteiger partial charge in [-0.05, 0) is 43.9 Å². The topological polar surface area (TPSA) is 43.4 Å². The van der Waals surface area contributed by atoms with E-state index < -0.39 is 0 Å². The van der Waals surface area contributed by atoms with Crippen molar-refractivity contribution in [3.8, 4) is 16.8 Å². The van der Waals surface area contributed by atoms with Crippen molar-refractivity contribution in [2.45, 2.75) is 13.8 Å². The minimum atomic E-state index is 0. The molecule has 6 aromatic rings. The third-order valence-electron chi connectivity index (χ3n) is 6.21. The second kappa shape index (κ2) is 12.8. The summed E-state index contributed by atoms with van der Waals surface area (Å²) in [6.45, 7) is 4.04. The molecule has 0 spiro atoms. The third-order valence-corrected chi connectivity index (χ3v) is 7.35. The maximum atomic E-state index is 8.75. The van der Waals surface area contributed by atoms with Gasteiger partial charge in [-0.3, -0.25) is 4.68 Å². The standard InChI is InChI=1S/C22H16N2S.C11H11N2.Ir/c1-24(14-4-13-23)18-10-7-16(8-11-18)17-9-12-20-19-5-2-3-6-21(19)25-22(20)15-17;1-9-8-10(2)13(12-9)11-6-4-3-5-7-11;/h2-10,12-15H,1H3;3-6,8H,1-2H3;/q-2;-1;+3/b14-4-;;. The smallest absolute Gasteiger partial charge is 0.811 e. The molecule has 4 nitrogen and oxygen atoms in total. The molecule has 0 atom stereocenters. The fourth-order valence-corrected chi connectivity index (χ4v) is 5.50. The van der Waals surface area contributed by atoms with Crippen molar-refractivity contribution >= 4 is 43.4 Å². The molecule has 0 saturated heterocycles. The van der Waals surface area contributed by atoms with Crippen LogP contribution in [0, 0.1) is 26.0 Å². The first kappa shape index (κ1) is 28.2. The molecule has 2 aromatic heterocycles. The molecule has 0 N–H and O–H groups in total. The number of anilines is 1. The van der Waals surface area contributed by atoms with Crippen molar-refractivity contribution < 1.29 is 20.1 Å². The average molecular weight is 704 g/mol. The van der Waals surface area contributed by atoms with Gasteiger partial charge in [0.15, 0.2) is 0 Å². The number of hydrogen-bond donors (Lipinski definition) is 0. The number of thiophene rings is 1. The van der Waals surface area contributed by atoms with Crippen molar-refractivity contribution in [2.24, 2.45) is 0 Å². The van der Waals surface area contributed by atoms with Crippen LogP contribution in [0.4, 0.5) is 5.69 Å². The summed E-state index contributed by atoms with van der Waals surface area (Å²) in [5, 5.41) is 15.8. The van der Waals surface area contributed by atoms with Crippen LogP contribution in [0.15, 0.2) is 103 Å². The summed E-state index contributed by atoms with van der Waals surface area (Å²) in [6.07, 6.45) is 4.39. The second-order valence-corrected chi connectivity index (χ2v) is 10.0. The normalized spacial score (nSPS) is 10.7. The van der Waals surface area contributed by atoms with E-state index in [1.165, 1.54) is 25.7 Å². The third kappa shape index (κ3) is 6.43. The van der Waals surface area contributed by atoms with Gasteiger partial charge in [0.1, 0.15) is 0 Å². The molecule has 0 saturated carbocycles. The van der Waals surface area contributed by atoms with Crippen LogP contribution in [0.1, 0.15) is 11.4 Å². The molecule has 0 aliphatic heterocycles. The molecule has 0 unspecified atom stereocenters. The van der Waals surface area contributed by atoms with E-state index in [4.69, 9.17) is 5.41 Å². The zero-order valence-electron chi connectivity index (χ0n) is 21.9. The molecule has 39 heavy (non-hydrogen) atoms. The Morgan fingerprint density at radius 1 is 0.872 bits per heavy atom. The van der Waals surface area contributed by atoms with Crippen LogP contribution in [0.5, 0.6) is 0 Å². The molecule has 0 fully saturated rings. The van der Waals surface area contributed by atoms with E-state index >= 15 is 0 Å². The molecule has 6 heteroatoms. The quantitative estimate of drug-likeness (QED) is 0.134. The average Bonchev–Trinajstić information content (AvgIpc) is 3.50. The Hall–Kier alpha value is -3.83. The summed E-state index contributed by atoms with van der Waals surface area (Å²) in [6, 6.07) is 37.7. The predicted octanol–water partition coefficient (Wildman–Crippen LogP) is 8.40. The van der Waals surface area contributed by atoms with Gasteiger partial charge in [-0.25, -0.2) is 0 Å². The number of rotatable bonds is 5. The van der Waals surface area contributed by atoms with Crippen LogP contribution in [-0.4, -0.2) is 23.0 Å². The van der Waals surface area contributed by atoms with Crippen molar-refractivity contribution in [3.05, 3.63) is 132 Å². The van der Waals surface area contributed by atoms with Crippen LogP contribution in [0.2, 0.25) is 0 Å². The van der Waals surface area contributed by atoms with Crippen molar-refractivity contribution in [1.82, 2.24) is 9.78 Å². The number of para-hydroxylation sites is 1. The molecule has 0 aliphatic carbocycles. The molecule has 4 aromatic carbocycles. The summed E-state index contributed by atoms with van der Waals surface area (Å²) in [5.41, 5.74) is 6.46. The number of aromatic nitrogens is 2. The summed E-state index contributed by atoms with van der Waals surface area (Å²) in [5.74, 6) is 0. The van der Waals surface area contributed by atoms with Crippen LogP contribution in [0.3, 0.4) is 0 Å². The van der Waals surface area contributed by atoms with Crippen LogP contribution in [-0.2, 0) is 20.1 Å². The SMILES string of the molecule is CN(/C=C\C=[N-])c1[c-]cc(-c2ccc3c(c2)sc2ccccc23)cc1.Cc1cc(C)n(-c2[c-]cccc2)n1.[Ir+3]. The summed E-state index contributed by atoms with van der Waals surface area (Å²) in [4.78, 5) is 1.91. The number of benzene rings is 4. The Bertz CT molecular complexity index is 1720. The van der Waals surface area contributed by atoms with E-state index in [1.54, 1.807) is 12.3 Å². The molecule has 194 valence electrons. The van der Waals surface area contributed by atoms with Gasteiger partial charge < -0.3 is 10.3 Å². The number of allylic oxidation sites excluding steroid dienone is 1. The molecular weight excluding hydrogens is 677 g/mol. The monoisotopic (exact) mass is 704 g/mol. The Morgan fingerprint density at radius 3 is 2.33 bits per heavy atom. The molecule has 2 heterocycles. The van der Waals surface area contributed by atoms with E-state index in [1.807, 2.05) is 78.2 Å². The van der Waals surface area contributed by atoms with Crippen LogP contribution in [0.25, 0.3) is 42.4 Å². The van der Waals surface area contributed by atoms with E-state index in [-0.39, 0.29) is 20.1 Å².